The lowest BCUT2D eigenvalue weighted by atomic mass is 10.2. The van der Waals surface area contributed by atoms with Gasteiger partial charge in [-0.2, -0.15) is 0 Å². The molecule has 0 bridgehead atoms. The molecule has 0 fully saturated rings. The Hall–Kier alpha value is -2.36. The number of carbonyl (C=O) groups excluding carboxylic acids is 2. The Labute approximate surface area is 119 Å². The summed E-state index contributed by atoms with van der Waals surface area (Å²) in [5.74, 6) is -0.658. The summed E-state index contributed by atoms with van der Waals surface area (Å²) in [5, 5.41) is 0. The predicted octanol–water partition coefficient (Wildman–Crippen LogP) is 3.00. The monoisotopic (exact) mass is 276 g/mol. The van der Waals surface area contributed by atoms with E-state index in [0.717, 1.165) is 11.6 Å². The third kappa shape index (κ3) is 9.65. The molecule has 0 aromatic heterocycles. The fourth-order valence-corrected chi connectivity index (χ4v) is 1.12. The van der Waals surface area contributed by atoms with Gasteiger partial charge in [-0.05, 0) is 25.5 Å². The van der Waals surface area contributed by atoms with Gasteiger partial charge in [0.15, 0.2) is 0 Å². The zero-order valence-electron chi connectivity index (χ0n) is 11.9. The van der Waals surface area contributed by atoms with Gasteiger partial charge >= 0.3 is 11.9 Å². The highest BCUT2D eigenvalue weighted by molar-refractivity contribution is 5.86. The van der Waals surface area contributed by atoms with Gasteiger partial charge in [0, 0.05) is 12.2 Å². The van der Waals surface area contributed by atoms with Crippen molar-refractivity contribution in [1.82, 2.24) is 0 Å². The molecule has 1 aromatic carbocycles. The zero-order chi connectivity index (χ0) is 15.2. The minimum Gasteiger partial charge on any atom is -0.463 e. The van der Waals surface area contributed by atoms with E-state index < -0.39 is 0 Å². The van der Waals surface area contributed by atoms with Gasteiger partial charge in [0.25, 0.3) is 0 Å². The number of hydrogen-bond acceptors (Lipinski definition) is 4. The van der Waals surface area contributed by atoms with Crippen LogP contribution in [0.5, 0.6) is 0 Å². The van der Waals surface area contributed by atoms with Crippen molar-refractivity contribution >= 4 is 18.0 Å². The summed E-state index contributed by atoms with van der Waals surface area (Å²) < 4.78 is 9.17. The fourth-order valence-electron chi connectivity index (χ4n) is 1.12. The predicted molar refractivity (Wildman–Crippen MR) is 78.9 cm³/mol. The van der Waals surface area contributed by atoms with Crippen molar-refractivity contribution in [3.05, 3.63) is 54.6 Å². The van der Waals surface area contributed by atoms with Crippen LogP contribution < -0.4 is 0 Å². The lowest BCUT2D eigenvalue weighted by Gasteiger charge is -1.94. The van der Waals surface area contributed by atoms with Crippen LogP contribution in [0.15, 0.2) is 49.1 Å². The first kappa shape index (κ1) is 17.6. The normalized spacial score (nSPS) is 9.30. The topological polar surface area (TPSA) is 52.6 Å². The molecule has 0 aliphatic heterocycles. The Bertz CT molecular complexity index is 435. The lowest BCUT2D eigenvalue weighted by Crippen LogP contribution is -1.98. The summed E-state index contributed by atoms with van der Waals surface area (Å²) >= 11 is 0. The molecular weight excluding hydrogens is 256 g/mol. The molecule has 0 saturated carbocycles. The average molecular weight is 276 g/mol. The molecule has 0 radical (unpaired) electrons. The third-order valence-electron chi connectivity index (χ3n) is 1.95. The standard InChI is InChI=1S/C11H12O2.C5H8O2/c1-2-13-11(12)9-8-10-6-4-3-5-7-10;1-3-5(6)7-4-2/h3-9H,2H2,1H3;3H,1,4H2,2H3/b9-8-;. The van der Waals surface area contributed by atoms with E-state index in [2.05, 4.69) is 11.3 Å². The number of benzene rings is 1. The highest BCUT2D eigenvalue weighted by Gasteiger charge is 1.92. The number of carbonyl (C=O) groups is 2. The number of hydrogen-bond donors (Lipinski definition) is 0. The van der Waals surface area contributed by atoms with Gasteiger partial charge in [0.2, 0.25) is 0 Å². The van der Waals surface area contributed by atoms with Crippen LogP contribution in [0.3, 0.4) is 0 Å². The van der Waals surface area contributed by atoms with Crippen molar-refractivity contribution in [2.45, 2.75) is 13.8 Å². The molecule has 0 spiro atoms. The second-order valence-corrected chi connectivity index (χ2v) is 3.45. The summed E-state index contributed by atoms with van der Waals surface area (Å²) in [6.07, 6.45) is 4.31. The van der Waals surface area contributed by atoms with Crippen LogP contribution in [0.25, 0.3) is 6.08 Å². The van der Waals surface area contributed by atoms with Gasteiger partial charge < -0.3 is 9.47 Å². The van der Waals surface area contributed by atoms with E-state index in [4.69, 9.17) is 4.74 Å². The summed E-state index contributed by atoms with van der Waals surface area (Å²) in [7, 11) is 0. The molecule has 20 heavy (non-hydrogen) atoms. The summed E-state index contributed by atoms with van der Waals surface area (Å²) in [4.78, 5) is 21.0. The largest absolute Gasteiger partial charge is 0.463 e. The van der Waals surface area contributed by atoms with E-state index in [-0.39, 0.29) is 11.9 Å². The molecule has 1 rings (SSSR count). The van der Waals surface area contributed by atoms with Crippen molar-refractivity contribution in [1.29, 1.82) is 0 Å². The third-order valence-corrected chi connectivity index (χ3v) is 1.95. The Morgan fingerprint density at radius 2 is 1.60 bits per heavy atom. The van der Waals surface area contributed by atoms with E-state index in [1.807, 2.05) is 30.3 Å². The van der Waals surface area contributed by atoms with Crippen molar-refractivity contribution in [3.63, 3.8) is 0 Å². The van der Waals surface area contributed by atoms with Gasteiger partial charge in [-0.15, -0.1) is 0 Å². The lowest BCUT2D eigenvalue weighted by molar-refractivity contribution is -0.138. The second-order valence-electron chi connectivity index (χ2n) is 3.45. The quantitative estimate of drug-likeness (QED) is 0.613. The Kier molecular flexibility index (Phi) is 10.3. The molecule has 0 saturated heterocycles. The molecule has 0 amide bonds. The van der Waals surface area contributed by atoms with Crippen LogP contribution in [0.4, 0.5) is 0 Å². The van der Waals surface area contributed by atoms with E-state index in [1.54, 1.807) is 19.9 Å². The molecule has 4 heteroatoms. The van der Waals surface area contributed by atoms with Gasteiger partial charge in [0.1, 0.15) is 0 Å². The molecule has 0 atom stereocenters. The maximum absolute atomic E-state index is 10.9. The van der Waals surface area contributed by atoms with E-state index in [1.165, 1.54) is 6.08 Å². The minimum atomic E-state index is -0.359. The fraction of sp³-hybridized carbons (Fsp3) is 0.250. The van der Waals surface area contributed by atoms with Gasteiger partial charge in [-0.1, -0.05) is 36.9 Å². The molecule has 0 heterocycles. The van der Waals surface area contributed by atoms with Crippen molar-refractivity contribution in [2.75, 3.05) is 13.2 Å². The van der Waals surface area contributed by atoms with Crippen molar-refractivity contribution in [2.24, 2.45) is 0 Å². The Balaban J connectivity index is 0.000000441. The second kappa shape index (κ2) is 11.7. The summed E-state index contributed by atoms with van der Waals surface area (Å²) in [6, 6.07) is 9.63. The highest BCUT2D eigenvalue weighted by atomic mass is 16.5. The molecule has 108 valence electrons. The maximum Gasteiger partial charge on any atom is 0.330 e. The molecule has 0 aliphatic carbocycles. The smallest absolute Gasteiger partial charge is 0.330 e. The maximum atomic E-state index is 10.9. The van der Waals surface area contributed by atoms with Crippen LogP contribution in [-0.2, 0) is 19.1 Å². The van der Waals surface area contributed by atoms with Crippen molar-refractivity contribution in [3.8, 4) is 0 Å². The SMILES string of the molecule is C=CC(=O)OCC.CCOC(=O)/C=C\c1ccccc1. The van der Waals surface area contributed by atoms with Crippen LogP contribution >= 0.6 is 0 Å². The highest BCUT2D eigenvalue weighted by Crippen LogP contribution is 2.00. The molecule has 0 unspecified atom stereocenters. The number of esters is 2. The first-order valence-corrected chi connectivity index (χ1v) is 6.33. The average Bonchev–Trinajstić information content (AvgIpc) is 2.47. The van der Waals surface area contributed by atoms with Crippen LogP contribution in [0.1, 0.15) is 19.4 Å². The number of rotatable bonds is 5. The zero-order valence-corrected chi connectivity index (χ0v) is 11.9. The molecule has 1 aromatic rings. The minimum absolute atomic E-state index is 0.300. The Morgan fingerprint density at radius 1 is 1.05 bits per heavy atom. The van der Waals surface area contributed by atoms with E-state index in [9.17, 15) is 9.59 Å². The van der Waals surface area contributed by atoms with Crippen LogP contribution in [-0.4, -0.2) is 25.2 Å². The number of ether oxygens (including phenoxy) is 2. The molecule has 0 aliphatic rings. The van der Waals surface area contributed by atoms with Gasteiger partial charge in [-0.3, -0.25) is 0 Å². The van der Waals surface area contributed by atoms with Crippen LogP contribution in [0, 0.1) is 0 Å². The first-order valence-electron chi connectivity index (χ1n) is 6.33. The summed E-state index contributed by atoms with van der Waals surface area (Å²) in [6.45, 7) is 7.58. The van der Waals surface area contributed by atoms with Gasteiger partial charge in [0.05, 0.1) is 13.2 Å². The first-order chi connectivity index (χ1) is 9.63. The molecule has 4 nitrogen and oxygen atoms in total. The van der Waals surface area contributed by atoms with E-state index in [0.29, 0.717) is 13.2 Å². The van der Waals surface area contributed by atoms with Crippen LogP contribution in [0.2, 0.25) is 0 Å². The molecular formula is C16H20O4. The molecule has 0 N–H and O–H groups in total. The summed E-state index contributed by atoms with van der Waals surface area (Å²) in [5.41, 5.74) is 0.996. The Morgan fingerprint density at radius 3 is 2.05 bits per heavy atom. The van der Waals surface area contributed by atoms with E-state index >= 15 is 0 Å². The van der Waals surface area contributed by atoms with Crippen molar-refractivity contribution < 1.29 is 19.1 Å². The van der Waals surface area contributed by atoms with Gasteiger partial charge in [-0.25, -0.2) is 9.59 Å².